The molecule has 0 bridgehead atoms. The van der Waals surface area contributed by atoms with Crippen LogP contribution in [0.2, 0.25) is 0 Å². The third kappa shape index (κ3) is 4.40. The van der Waals surface area contributed by atoms with Gasteiger partial charge in [-0.15, -0.1) is 5.10 Å². The van der Waals surface area contributed by atoms with Crippen LogP contribution < -0.4 is 20.5 Å². The van der Waals surface area contributed by atoms with Gasteiger partial charge >= 0.3 is 5.69 Å². The average molecular weight is 378 g/mol. The number of hydrogen-bond donors (Lipinski definition) is 2. The van der Waals surface area contributed by atoms with Crippen molar-refractivity contribution in [3.8, 4) is 11.5 Å². The van der Waals surface area contributed by atoms with Gasteiger partial charge in [-0.2, -0.15) is 0 Å². The van der Waals surface area contributed by atoms with Gasteiger partial charge in [-0.1, -0.05) is 11.8 Å². The third-order valence-corrected chi connectivity index (χ3v) is 4.70. The van der Waals surface area contributed by atoms with Gasteiger partial charge in [-0.3, -0.25) is 9.36 Å². The van der Waals surface area contributed by atoms with Crippen molar-refractivity contribution in [2.24, 2.45) is 0 Å². The normalized spacial score (nSPS) is 13.5. The molecule has 2 aromatic rings. The molecule has 2 N–H and O–H groups in total. The van der Waals surface area contributed by atoms with E-state index in [0.29, 0.717) is 35.6 Å². The highest BCUT2D eigenvalue weighted by atomic mass is 32.2. The fourth-order valence-corrected chi connectivity index (χ4v) is 3.32. The van der Waals surface area contributed by atoms with Crippen molar-refractivity contribution in [3.63, 3.8) is 0 Å². The molecule has 0 spiro atoms. The first-order valence-corrected chi connectivity index (χ1v) is 9.60. The second kappa shape index (κ2) is 8.31. The maximum absolute atomic E-state index is 12.2. The summed E-state index contributed by atoms with van der Waals surface area (Å²) in [5.41, 5.74) is 0.410. The topological polar surface area (TPSA) is 98.2 Å². The van der Waals surface area contributed by atoms with Crippen molar-refractivity contribution in [1.82, 2.24) is 14.8 Å². The Hall–Kier alpha value is -2.42. The fourth-order valence-electron chi connectivity index (χ4n) is 2.50. The number of anilines is 1. The van der Waals surface area contributed by atoms with E-state index < -0.39 is 0 Å². The predicted molar refractivity (Wildman–Crippen MR) is 99.3 cm³/mol. The Balaban J connectivity index is 1.61. The third-order valence-electron chi connectivity index (χ3n) is 3.74. The van der Waals surface area contributed by atoms with Crippen molar-refractivity contribution in [1.29, 1.82) is 0 Å². The number of H-pyrrole nitrogens is 1. The summed E-state index contributed by atoms with van der Waals surface area (Å²) < 4.78 is 12.7. The maximum Gasteiger partial charge on any atom is 0.344 e. The largest absolute Gasteiger partial charge is 0.490 e. The number of carbonyl (C=O) groups excluding carboxylic acids is 1. The minimum absolute atomic E-state index is 0.161. The zero-order valence-corrected chi connectivity index (χ0v) is 15.6. The molecule has 1 amide bonds. The van der Waals surface area contributed by atoms with Crippen LogP contribution in [0.1, 0.15) is 32.7 Å². The highest BCUT2D eigenvalue weighted by molar-refractivity contribution is 7.99. The van der Waals surface area contributed by atoms with Gasteiger partial charge in [0.2, 0.25) is 5.91 Å². The van der Waals surface area contributed by atoms with Crippen molar-refractivity contribution < 1.29 is 14.3 Å². The molecule has 1 fully saturated rings. The molecule has 0 radical (unpaired) electrons. The molecule has 3 rings (SSSR count). The Morgan fingerprint density at radius 1 is 1.31 bits per heavy atom. The van der Waals surface area contributed by atoms with Crippen LogP contribution >= 0.6 is 11.8 Å². The Morgan fingerprint density at radius 2 is 2.04 bits per heavy atom. The summed E-state index contributed by atoms with van der Waals surface area (Å²) in [5, 5.41) is 9.83. The highest BCUT2D eigenvalue weighted by Gasteiger charge is 2.28. The Kier molecular flexibility index (Phi) is 5.87. The Labute approximate surface area is 155 Å². The first-order valence-electron chi connectivity index (χ1n) is 8.61. The van der Waals surface area contributed by atoms with Crippen molar-refractivity contribution in [2.75, 3.05) is 24.3 Å². The van der Waals surface area contributed by atoms with E-state index in [9.17, 15) is 9.59 Å². The van der Waals surface area contributed by atoms with E-state index in [0.717, 1.165) is 12.8 Å². The molecule has 1 aliphatic carbocycles. The number of thioether (sulfide) groups is 1. The lowest BCUT2D eigenvalue weighted by atomic mass is 10.2. The van der Waals surface area contributed by atoms with Crippen LogP contribution in [0, 0.1) is 0 Å². The zero-order valence-electron chi connectivity index (χ0n) is 14.8. The van der Waals surface area contributed by atoms with Gasteiger partial charge in [0.15, 0.2) is 16.7 Å². The van der Waals surface area contributed by atoms with Crippen LogP contribution in [0.3, 0.4) is 0 Å². The number of nitrogens with one attached hydrogen (secondary N) is 2. The number of carbonyl (C=O) groups is 1. The summed E-state index contributed by atoms with van der Waals surface area (Å²) in [6.07, 6.45) is 1.96. The Morgan fingerprint density at radius 3 is 2.73 bits per heavy atom. The molecule has 9 heteroatoms. The van der Waals surface area contributed by atoms with Gasteiger partial charge in [-0.25, -0.2) is 9.89 Å². The first kappa shape index (κ1) is 18.4. The first-order chi connectivity index (χ1) is 12.6. The van der Waals surface area contributed by atoms with E-state index in [1.807, 2.05) is 13.8 Å². The smallest absolute Gasteiger partial charge is 0.344 e. The summed E-state index contributed by atoms with van der Waals surface area (Å²) in [5.74, 6) is 1.22. The van der Waals surface area contributed by atoms with Gasteiger partial charge in [0.25, 0.3) is 0 Å². The number of rotatable bonds is 9. The molecule has 0 saturated heterocycles. The molecule has 1 heterocycles. The van der Waals surface area contributed by atoms with Gasteiger partial charge in [0.1, 0.15) is 0 Å². The summed E-state index contributed by atoms with van der Waals surface area (Å²) in [6.45, 7) is 4.83. The quantitative estimate of drug-likeness (QED) is 0.651. The number of aromatic nitrogens is 3. The number of nitrogens with zero attached hydrogens (tertiary/aromatic N) is 2. The van der Waals surface area contributed by atoms with Gasteiger partial charge in [0, 0.05) is 17.8 Å². The van der Waals surface area contributed by atoms with E-state index in [-0.39, 0.29) is 23.4 Å². The van der Waals surface area contributed by atoms with E-state index >= 15 is 0 Å². The molecule has 1 aromatic heterocycles. The standard InChI is InChI=1S/C17H22N4O4S/c1-3-24-13-8-5-11(9-14(13)25-4-2)18-15(22)10-26-17-20-19-16(23)21(17)12-6-7-12/h5,8-9,12H,3-4,6-7,10H2,1-2H3,(H,18,22)(H,19,23). The van der Waals surface area contributed by atoms with E-state index in [1.165, 1.54) is 11.8 Å². The molecule has 140 valence electrons. The molecule has 0 aliphatic heterocycles. The molecule has 1 aromatic carbocycles. The monoisotopic (exact) mass is 378 g/mol. The number of hydrogen-bond acceptors (Lipinski definition) is 6. The maximum atomic E-state index is 12.2. The molecule has 26 heavy (non-hydrogen) atoms. The average Bonchev–Trinajstić information content (AvgIpc) is 3.38. The summed E-state index contributed by atoms with van der Waals surface area (Å²) >= 11 is 1.24. The highest BCUT2D eigenvalue weighted by Crippen LogP contribution is 2.36. The van der Waals surface area contributed by atoms with E-state index in [4.69, 9.17) is 9.47 Å². The molecule has 1 aliphatic rings. The van der Waals surface area contributed by atoms with Crippen LogP contribution in [-0.2, 0) is 4.79 Å². The zero-order chi connectivity index (χ0) is 18.5. The number of aromatic amines is 1. The lowest BCUT2D eigenvalue weighted by Gasteiger charge is -2.13. The van der Waals surface area contributed by atoms with E-state index in [2.05, 4.69) is 15.5 Å². The molecule has 0 unspecified atom stereocenters. The summed E-state index contributed by atoms with van der Waals surface area (Å²) in [6, 6.07) is 5.50. The minimum Gasteiger partial charge on any atom is -0.490 e. The van der Waals surface area contributed by atoms with Crippen LogP contribution in [0.15, 0.2) is 28.2 Å². The predicted octanol–water partition coefficient (Wildman–Crippen LogP) is 2.43. The summed E-state index contributed by atoms with van der Waals surface area (Å²) in [7, 11) is 0. The summed E-state index contributed by atoms with van der Waals surface area (Å²) in [4.78, 5) is 24.0. The number of benzene rings is 1. The number of amides is 1. The lowest BCUT2D eigenvalue weighted by molar-refractivity contribution is -0.113. The lowest BCUT2D eigenvalue weighted by Crippen LogP contribution is -2.18. The molecule has 8 nitrogen and oxygen atoms in total. The van der Waals surface area contributed by atoms with Crippen molar-refractivity contribution in [2.45, 2.75) is 37.9 Å². The van der Waals surface area contributed by atoms with Gasteiger partial charge in [0.05, 0.1) is 19.0 Å². The second-order valence-corrected chi connectivity index (χ2v) is 6.72. The second-order valence-electron chi connectivity index (χ2n) is 5.78. The molecular weight excluding hydrogens is 356 g/mol. The number of ether oxygens (including phenoxy) is 2. The van der Waals surface area contributed by atoms with Gasteiger partial charge < -0.3 is 14.8 Å². The Bertz CT molecular complexity index is 828. The van der Waals surface area contributed by atoms with E-state index in [1.54, 1.807) is 22.8 Å². The SMILES string of the molecule is CCOc1ccc(NC(=O)CSc2n[nH]c(=O)n2C2CC2)cc1OCC. The van der Waals surface area contributed by atoms with Gasteiger partial charge in [-0.05, 0) is 38.8 Å². The van der Waals surface area contributed by atoms with Crippen molar-refractivity contribution in [3.05, 3.63) is 28.7 Å². The van der Waals surface area contributed by atoms with Crippen LogP contribution in [0.25, 0.3) is 0 Å². The molecule has 0 atom stereocenters. The molecular formula is C17H22N4O4S. The van der Waals surface area contributed by atoms with Crippen LogP contribution in [0.5, 0.6) is 11.5 Å². The van der Waals surface area contributed by atoms with Crippen LogP contribution in [0.4, 0.5) is 5.69 Å². The molecule has 1 saturated carbocycles. The van der Waals surface area contributed by atoms with Crippen LogP contribution in [-0.4, -0.2) is 39.6 Å². The minimum atomic E-state index is -0.219. The van der Waals surface area contributed by atoms with Crippen molar-refractivity contribution >= 4 is 23.4 Å². The fraction of sp³-hybridized carbons (Fsp3) is 0.471.